The van der Waals surface area contributed by atoms with Crippen LogP contribution in [-0.4, -0.2) is 56.3 Å². The Hall–Kier alpha value is -15.4. The van der Waals surface area contributed by atoms with Crippen LogP contribution in [-0.2, 0) is 5.41 Å². The van der Waals surface area contributed by atoms with Gasteiger partial charge in [-0.2, -0.15) is 0 Å². The summed E-state index contributed by atoms with van der Waals surface area (Å²) in [6.07, 6.45) is 15.3. The van der Waals surface area contributed by atoms with Crippen LogP contribution < -0.4 is 79.7 Å². The largest absolute Gasteiger partial charge is 0.455 e. The van der Waals surface area contributed by atoms with E-state index in [1.807, 2.05) is 48.5 Å². The van der Waals surface area contributed by atoms with Crippen molar-refractivity contribution >= 4 is 210 Å². The van der Waals surface area contributed by atoms with Crippen LogP contribution in [0.4, 0.5) is 68.2 Å². The zero-order valence-electron chi connectivity index (χ0n) is 67.5. The molecule has 1 aliphatic carbocycles. The Labute approximate surface area is 722 Å². The molecule has 0 saturated heterocycles. The molecule has 9 aliphatic rings. The van der Waals surface area contributed by atoms with Crippen molar-refractivity contribution in [3.8, 4) is 38.7 Å². The van der Waals surface area contributed by atoms with E-state index in [-0.39, 0.29) is 32.3 Å². The van der Waals surface area contributed by atoms with Crippen molar-refractivity contribution in [3.05, 3.63) is 406 Å². The van der Waals surface area contributed by atoms with Gasteiger partial charge in [0.25, 0.3) is 13.4 Å². The SMILES string of the molecule is CC1(C)C2=C(B3c4ccccc4N(c4ccccc4)c4cccc2c43)c2ccncc21.c1ccc(N2c3ccccc3B3c4c(cccc42)-c2c3c3cncnc3n2-c2ccccc2)cc1.c1ccc(N2c3ccccc3B3c4c(cccc42)-c2oc4cnccc4c23)cc1.c1ccc(N2c3ccccc3B3c4c(cccc42)-c2sc4cnccc4c23)cc1. The van der Waals surface area contributed by atoms with Crippen LogP contribution in [0.3, 0.4) is 0 Å². The number of para-hydroxylation sites is 9. The highest BCUT2D eigenvalue weighted by Gasteiger charge is 2.53. The minimum atomic E-state index is -0.0576. The predicted molar refractivity (Wildman–Crippen MR) is 517 cm³/mol. The second-order valence-corrected chi connectivity index (χ2v) is 34.6. The van der Waals surface area contributed by atoms with Crippen molar-refractivity contribution in [3.63, 3.8) is 0 Å². The maximum Gasteiger partial charge on any atom is 0.253 e. The first-order valence-corrected chi connectivity index (χ1v) is 43.4. The third-order valence-electron chi connectivity index (χ3n) is 27.1. The maximum absolute atomic E-state index is 6.33. The topological polar surface area (TPSA) is 95.5 Å². The van der Waals surface area contributed by atoms with Crippen LogP contribution >= 0.6 is 11.3 Å². The highest BCUT2D eigenvalue weighted by atomic mass is 32.1. The summed E-state index contributed by atoms with van der Waals surface area (Å²) in [6, 6.07) is 122. The standard InChI is InChI=1S/C30H19BN4.C28H21BN2.C25H15BN2O.C25H15BN2S/c1-3-10-20(11-4-1)34-25-16-8-7-15-24(25)31-27-22(14-9-17-26(27)34)29-28(31)23-18-32-19-33-30(23)35(29)21-12-5-2-6-13-21;1-28(2)21-17-30-16-15-19(21)27-25(28)20-11-8-14-24-26(20)29(27)22-12-6-7-13-23(22)31(24)18-9-4-3-5-10-18;2*1-2-7-16(8-3-1)28-20-11-5-4-10-19(20)26-23-18(9-6-12-21(23)28)25-24(26)17-13-14-27-15-22(17)29-25/h1-19H;3-17H,1-2H3;2*1-15H. The maximum atomic E-state index is 6.33. The fourth-order valence-corrected chi connectivity index (χ4v) is 23.6. The lowest BCUT2D eigenvalue weighted by Crippen LogP contribution is -2.54. The van der Waals surface area contributed by atoms with E-state index in [1.165, 1.54) is 193 Å². The van der Waals surface area contributed by atoms with Gasteiger partial charge in [0.15, 0.2) is 5.58 Å². The molecule has 0 spiro atoms. The van der Waals surface area contributed by atoms with E-state index in [9.17, 15) is 0 Å². The molecule has 11 nitrogen and oxygen atoms in total. The molecule has 0 amide bonds. The van der Waals surface area contributed by atoms with Gasteiger partial charge in [-0.1, -0.05) is 232 Å². The average Bonchev–Trinajstić information content (AvgIpc) is 1.51. The molecule has 8 aliphatic heterocycles. The van der Waals surface area contributed by atoms with E-state index >= 15 is 0 Å². The number of benzene rings is 13. The van der Waals surface area contributed by atoms with E-state index in [0.717, 1.165) is 33.5 Å². The molecule has 7 aromatic heterocycles. The van der Waals surface area contributed by atoms with E-state index in [4.69, 9.17) is 9.40 Å². The summed E-state index contributed by atoms with van der Waals surface area (Å²) in [6.45, 7) is 5.56. The summed E-state index contributed by atoms with van der Waals surface area (Å²) in [5.41, 5.74) is 44.8. The summed E-state index contributed by atoms with van der Waals surface area (Å²) in [7, 11) is 0. The second kappa shape index (κ2) is 27.3. The van der Waals surface area contributed by atoms with Gasteiger partial charge in [-0.3, -0.25) is 19.5 Å². The third kappa shape index (κ3) is 10.0. The Morgan fingerprint density at radius 1 is 0.306 bits per heavy atom. The van der Waals surface area contributed by atoms with Gasteiger partial charge in [-0.25, -0.2) is 9.97 Å². The van der Waals surface area contributed by atoms with Gasteiger partial charge < -0.3 is 24.0 Å². The molecule has 0 unspecified atom stereocenters. The van der Waals surface area contributed by atoms with Crippen LogP contribution in [0.2, 0.25) is 0 Å². The number of fused-ring (bicyclic) bond motifs is 27. The predicted octanol–water partition coefficient (Wildman–Crippen LogP) is 18.6. The van der Waals surface area contributed by atoms with Gasteiger partial charge in [-0.05, 0) is 226 Å². The zero-order valence-corrected chi connectivity index (χ0v) is 68.4. The number of hydrogen-bond donors (Lipinski definition) is 0. The number of allylic oxidation sites excluding steroid dienone is 1. The number of pyridine rings is 3. The molecule has 124 heavy (non-hydrogen) atoms. The highest BCUT2D eigenvalue weighted by molar-refractivity contribution is 7.27. The van der Waals surface area contributed by atoms with Gasteiger partial charge in [0.1, 0.15) is 17.7 Å². The van der Waals surface area contributed by atoms with Gasteiger partial charge in [0, 0.05) is 138 Å². The molecular weight excluding hydrogens is 1530 g/mol. The number of thiophene rings is 1. The first-order valence-electron chi connectivity index (χ1n) is 42.5. The Morgan fingerprint density at radius 2 is 0.718 bits per heavy atom. The fraction of sp³-hybridized carbons (Fsp3) is 0.0278. The molecule has 0 atom stereocenters. The van der Waals surface area contributed by atoms with Gasteiger partial charge in [0.2, 0.25) is 13.4 Å². The molecule has 0 radical (unpaired) electrons. The molecule has 0 bridgehead atoms. The summed E-state index contributed by atoms with van der Waals surface area (Å²) in [5, 5.41) is 3.61. The molecule has 0 saturated carbocycles. The summed E-state index contributed by atoms with van der Waals surface area (Å²) in [5.74, 6) is 0.986. The Balaban J connectivity index is 0.0000000887. The van der Waals surface area contributed by atoms with Crippen LogP contribution in [0.5, 0.6) is 0 Å². The smallest absolute Gasteiger partial charge is 0.253 e. The first kappa shape index (κ1) is 70.5. The number of hydrogen-bond acceptors (Lipinski definition) is 11. The Kier molecular flexibility index (Phi) is 15.5. The minimum Gasteiger partial charge on any atom is -0.455 e. The summed E-state index contributed by atoms with van der Waals surface area (Å²) < 4.78 is 9.92. The minimum absolute atomic E-state index is 0.0576. The number of aromatic nitrogens is 6. The summed E-state index contributed by atoms with van der Waals surface area (Å²) in [4.78, 5) is 33.4. The van der Waals surface area contributed by atoms with Crippen LogP contribution in [0.1, 0.15) is 30.5 Å². The molecule has 13 aromatic carbocycles. The number of anilines is 12. The molecular formula is C108H70B4N10OS. The van der Waals surface area contributed by atoms with Crippen molar-refractivity contribution in [2.45, 2.75) is 19.3 Å². The van der Waals surface area contributed by atoms with Gasteiger partial charge in [0.05, 0.1) is 16.6 Å². The van der Waals surface area contributed by atoms with E-state index in [2.05, 4.69) is 404 Å². The molecule has 16 heteroatoms. The summed E-state index contributed by atoms with van der Waals surface area (Å²) >= 11 is 1.88. The van der Waals surface area contributed by atoms with Crippen LogP contribution in [0, 0.1) is 0 Å². The Morgan fingerprint density at radius 3 is 1.27 bits per heavy atom. The zero-order chi connectivity index (χ0) is 81.6. The fourth-order valence-electron chi connectivity index (χ4n) is 22.4. The average molecular weight is 1600 g/mol. The molecule has 0 fully saturated rings. The Bertz CT molecular complexity index is 7650. The quantitative estimate of drug-likeness (QED) is 0.155. The lowest BCUT2D eigenvalue weighted by atomic mass is 9.35. The van der Waals surface area contributed by atoms with Crippen molar-refractivity contribution in [1.29, 1.82) is 0 Å². The van der Waals surface area contributed by atoms with Crippen molar-refractivity contribution < 1.29 is 4.42 Å². The van der Waals surface area contributed by atoms with Crippen LogP contribution in [0.25, 0.3) is 81.8 Å². The lowest BCUT2D eigenvalue weighted by Gasteiger charge is -2.37. The van der Waals surface area contributed by atoms with E-state index in [1.54, 1.807) is 6.33 Å². The number of nitrogens with zero attached hydrogens (tertiary/aromatic N) is 10. The number of rotatable bonds is 5. The monoisotopic (exact) mass is 1600 g/mol. The second-order valence-electron chi connectivity index (χ2n) is 33.6. The van der Waals surface area contributed by atoms with Crippen LogP contribution in [0.15, 0.2) is 394 Å². The van der Waals surface area contributed by atoms with Crippen molar-refractivity contribution in [2.75, 3.05) is 19.6 Å². The third-order valence-corrected chi connectivity index (χ3v) is 28.2. The lowest BCUT2D eigenvalue weighted by molar-refractivity contribution is 0.633. The molecule has 0 N–H and O–H groups in total. The number of furan rings is 1. The molecule has 20 aromatic rings. The molecule has 576 valence electrons. The van der Waals surface area contributed by atoms with Crippen molar-refractivity contribution in [2.24, 2.45) is 0 Å². The molecule has 15 heterocycles. The first-order chi connectivity index (χ1) is 61.4. The van der Waals surface area contributed by atoms with Gasteiger partial charge in [-0.15, -0.1) is 11.3 Å². The highest BCUT2D eigenvalue weighted by Crippen LogP contribution is 2.57. The van der Waals surface area contributed by atoms with Gasteiger partial charge >= 0.3 is 0 Å². The normalized spacial score (nSPS) is 14.1. The molecule has 29 rings (SSSR count). The van der Waals surface area contributed by atoms with Crippen molar-refractivity contribution in [1.82, 2.24) is 29.5 Å². The van der Waals surface area contributed by atoms with E-state index in [0.29, 0.717) is 0 Å². The van der Waals surface area contributed by atoms with E-state index < -0.39 is 0 Å².